The summed E-state index contributed by atoms with van der Waals surface area (Å²) in [6.07, 6.45) is 5.46. The number of thiazole rings is 1. The number of hydrazine groups is 1. The number of nitrogens with two attached hydrogens (primary N) is 1. The van der Waals surface area contributed by atoms with Crippen LogP contribution >= 0.6 is 11.3 Å². The minimum atomic E-state index is 0.724. The topological polar surface area (TPSA) is 68.8 Å². The first-order valence-electron chi connectivity index (χ1n) is 3.77. The number of aromatic nitrogens is 3. The van der Waals surface area contributed by atoms with Crippen molar-refractivity contribution in [2.75, 3.05) is 5.43 Å². The molecule has 0 aliphatic rings. The number of anilines is 1. The van der Waals surface area contributed by atoms with Gasteiger partial charge in [0.2, 0.25) is 0 Å². The van der Waals surface area contributed by atoms with Crippen LogP contribution in [0.5, 0.6) is 0 Å². The van der Waals surface area contributed by atoms with E-state index in [0.717, 1.165) is 16.6 Å². The van der Waals surface area contributed by atoms with Gasteiger partial charge in [0.15, 0.2) is 5.13 Å². The summed E-state index contributed by atoms with van der Waals surface area (Å²) >= 11 is 1.52. The lowest BCUT2D eigenvalue weighted by Gasteiger charge is -1.95. The predicted octanol–water partition coefficient (Wildman–Crippen LogP) is 0.673. The van der Waals surface area contributed by atoms with E-state index in [-0.39, 0.29) is 0 Å². The van der Waals surface area contributed by atoms with E-state index >= 15 is 0 Å². The highest BCUT2D eigenvalue weighted by Crippen LogP contribution is 2.17. The highest BCUT2D eigenvalue weighted by Gasteiger charge is 2.00. The van der Waals surface area contributed by atoms with Crippen molar-refractivity contribution < 1.29 is 0 Å². The molecule has 0 saturated heterocycles. The van der Waals surface area contributed by atoms with Gasteiger partial charge in [0, 0.05) is 23.5 Å². The minimum Gasteiger partial charge on any atom is -0.300 e. The van der Waals surface area contributed by atoms with E-state index in [9.17, 15) is 0 Å². The molecule has 0 radical (unpaired) electrons. The first kappa shape index (κ1) is 8.21. The Morgan fingerprint density at radius 1 is 1.62 bits per heavy atom. The number of nitrogen functional groups attached to an aromatic ring is 1. The van der Waals surface area contributed by atoms with Crippen molar-refractivity contribution in [1.29, 1.82) is 0 Å². The molecular weight excluding hydrogens is 186 g/mol. The Morgan fingerprint density at radius 2 is 2.54 bits per heavy atom. The minimum absolute atomic E-state index is 0.724. The van der Waals surface area contributed by atoms with E-state index < -0.39 is 0 Å². The smallest absolute Gasteiger partial charge is 0.197 e. The third kappa shape index (κ3) is 1.85. The summed E-state index contributed by atoms with van der Waals surface area (Å²) in [7, 11) is 0. The molecule has 0 amide bonds. The van der Waals surface area contributed by atoms with Gasteiger partial charge in [0.1, 0.15) is 0 Å². The van der Waals surface area contributed by atoms with Crippen molar-refractivity contribution in [2.24, 2.45) is 5.84 Å². The first-order valence-corrected chi connectivity index (χ1v) is 4.59. The molecule has 2 heterocycles. The number of rotatable bonds is 3. The summed E-state index contributed by atoms with van der Waals surface area (Å²) in [5.74, 6) is 5.21. The van der Waals surface area contributed by atoms with Gasteiger partial charge in [0.05, 0.1) is 6.54 Å². The zero-order valence-corrected chi connectivity index (χ0v) is 7.66. The maximum atomic E-state index is 5.21. The van der Waals surface area contributed by atoms with Crippen LogP contribution in [0, 0.1) is 0 Å². The SMILES string of the molecule is NNc1ncc(Cn2cccn2)s1. The van der Waals surface area contributed by atoms with Gasteiger partial charge in [-0.25, -0.2) is 10.8 Å². The normalized spacial score (nSPS) is 10.2. The molecule has 0 bridgehead atoms. The Bertz CT molecular complexity index is 366. The van der Waals surface area contributed by atoms with Crippen LogP contribution in [0.2, 0.25) is 0 Å². The maximum Gasteiger partial charge on any atom is 0.197 e. The summed E-state index contributed by atoms with van der Waals surface area (Å²) in [5.41, 5.74) is 2.50. The van der Waals surface area contributed by atoms with Gasteiger partial charge in [-0.15, -0.1) is 0 Å². The fourth-order valence-corrected chi connectivity index (χ4v) is 1.72. The van der Waals surface area contributed by atoms with Crippen molar-refractivity contribution in [3.63, 3.8) is 0 Å². The van der Waals surface area contributed by atoms with E-state index in [1.165, 1.54) is 11.3 Å². The average Bonchev–Trinajstić information content (AvgIpc) is 2.76. The summed E-state index contributed by atoms with van der Waals surface area (Å²) in [5, 5.41) is 4.81. The van der Waals surface area contributed by atoms with Crippen LogP contribution in [0.4, 0.5) is 5.13 Å². The zero-order valence-electron chi connectivity index (χ0n) is 6.84. The third-order valence-corrected chi connectivity index (χ3v) is 2.47. The molecule has 3 N–H and O–H groups in total. The first-order chi connectivity index (χ1) is 6.38. The Kier molecular flexibility index (Phi) is 2.24. The molecule has 68 valence electrons. The summed E-state index contributed by atoms with van der Waals surface area (Å²) < 4.78 is 1.84. The predicted molar refractivity (Wildman–Crippen MR) is 51.3 cm³/mol. The van der Waals surface area contributed by atoms with Crippen LogP contribution in [0.15, 0.2) is 24.7 Å². The average molecular weight is 195 g/mol. The van der Waals surface area contributed by atoms with E-state index in [0.29, 0.717) is 0 Å². The molecule has 2 aromatic rings. The van der Waals surface area contributed by atoms with Gasteiger partial charge < -0.3 is 0 Å². The summed E-state index contributed by atoms with van der Waals surface area (Å²) in [6.45, 7) is 0.742. The fraction of sp³-hybridized carbons (Fsp3) is 0.143. The lowest BCUT2D eigenvalue weighted by Crippen LogP contribution is -2.05. The molecule has 13 heavy (non-hydrogen) atoms. The molecule has 0 spiro atoms. The van der Waals surface area contributed by atoms with Gasteiger partial charge in [-0.05, 0) is 6.07 Å². The Labute approximate surface area is 79.2 Å². The van der Waals surface area contributed by atoms with E-state index in [4.69, 9.17) is 5.84 Å². The standard InChI is InChI=1S/C7H9N5S/c8-11-7-9-4-6(13-7)5-12-3-1-2-10-12/h1-4H,5,8H2,(H,9,11). The molecule has 6 heteroatoms. The number of nitrogens with zero attached hydrogens (tertiary/aromatic N) is 3. The van der Waals surface area contributed by atoms with Crippen molar-refractivity contribution in [3.8, 4) is 0 Å². The van der Waals surface area contributed by atoms with Crippen molar-refractivity contribution in [2.45, 2.75) is 6.54 Å². The van der Waals surface area contributed by atoms with Crippen LogP contribution < -0.4 is 11.3 Å². The molecule has 0 aliphatic heterocycles. The molecule has 0 aromatic carbocycles. The van der Waals surface area contributed by atoms with Crippen LogP contribution in [0.25, 0.3) is 0 Å². The Hall–Kier alpha value is -1.40. The molecule has 5 nitrogen and oxygen atoms in total. The van der Waals surface area contributed by atoms with E-state index in [2.05, 4.69) is 15.5 Å². The monoisotopic (exact) mass is 195 g/mol. The van der Waals surface area contributed by atoms with Crippen LogP contribution in [-0.2, 0) is 6.54 Å². The van der Waals surface area contributed by atoms with Crippen molar-refractivity contribution in [1.82, 2.24) is 14.8 Å². The van der Waals surface area contributed by atoms with Gasteiger partial charge in [-0.2, -0.15) is 5.10 Å². The largest absolute Gasteiger partial charge is 0.300 e. The number of hydrogen-bond donors (Lipinski definition) is 2. The molecule has 0 fully saturated rings. The molecule has 0 unspecified atom stereocenters. The number of nitrogens with one attached hydrogen (secondary N) is 1. The molecule has 0 atom stereocenters. The molecule has 0 aliphatic carbocycles. The van der Waals surface area contributed by atoms with E-state index in [1.807, 2.05) is 16.9 Å². The van der Waals surface area contributed by atoms with Crippen molar-refractivity contribution in [3.05, 3.63) is 29.5 Å². The van der Waals surface area contributed by atoms with Crippen LogP contribution in [0.1, 0.15) is 4.88 Å². The summed E-state index contributed by atoms with van der Waals surface area (Å²) in [6, 6.07) is 1.89. The highest BCUT2D eigenvalue weighted by atomic mass is 32.1. The van der Waals surface area contributed by atoms with Gasteiger partial charge in [-0.3, -0.25) is 10.1 Å². The Morgan fingerprint density at radius 3 is 3.15 bits per heavy atom. The van der Waals surface area contributed by atoms with Crippen LogP contribution in [-0.4, -0.2) is 14.8 Å². The second-order valence-electron chi connectivity index (χ2n) is 2.48. The van der Waals surface area contributed by atoms with Gasteiger partial charge in [-0.1, -0.05) is 11.3 Å². The molecule has 0 saturated carbocycles. The fourth-order valence-electron chi connectivity index (χ4n) is 1.00. The van der Waals surface area contributed by atoms with E-state index in [1.54, 1.807) is 12.4 Å². The lowest BCUT2D eigenvalue weighted by molar-refractivity contribution is 0.694. The second kappa shape index (κ2) is 3.55. The highest BCUT2D eigenvalue weighted by molar-refractivity contribution is 7.15. The molecule has 2 aromatic heterocycles. The Balaban J connectivity index is 2.10. The molecular formula is C7H9N5S. The second-order valence-corrected chi connectivity index (χ2v) is 3.59. The van der Waals surface area contributed by atoms with Crippen LogP contribution in [0.3, 0.4) is 0 Å². The lowest BCUT2D eigenvalue weighted by atomic mass is 10.5. The van der Waals surface area contributed by atoms with Crippen molar-refractivity contribution >= 4 is 16.5 Å². The zero-order chi connectivity index (χ0) is 9.10. The maximum absolute atomic E-state index is 5.21. The number of hydrogen-bond acceptors (Lipinski definition) is 5. The van der Waals surface area contributed by atoms with Gasteiger partial charge in [0.25, 0.3) is 0 Å². The quantitative estimate of drug-likeness (QED) is 0.558. The van der Waals surface area contributed by atoms with Gasteiger partial charge >= 0.3 is 0 Å². The molecule has 2 rings (SSSR count). The summed E-state index contributed by atoms with van der Waals surface area (Å²) in [4.78, 5) is 5.18. The third-order valence-electron chi connectivity index (χ3n) is 1.55.